The molecule has 5 nitrogen and oxygen atoms in total. The van der Waals surface area contributed by atoms with Gasteiger partial charge in [0.25, 0.3) is 5.91 Å². The number of carbonyl (C=O) groups excluding carboxylic acids is 1. The number of hydrogen-bond acceptors (Lipinski definition) is 4. The van der Waals surface area contributed by atoms with E-state index in [2.05, 4.69) is 9.64 Å². The molecule has 1 saturated heterocycles. The molecule has 0 N–H and O–H groups in total. The van der Waals surface area contributed by atoms with Crippen LogP contribution in [-0.4, -0.2) is 74.9 Å². The van der Waals surface area contributed by atoms with Crippen LogP contribution in [0.25, 0.3) is 0 Å². The monoisotopic (exact) mass is 394 g/mol. The highest BCUT2D eigenvalue weighted by Crippen LogP contribution is 2.25. The van der Waals surface area contributed by atoms with Crippen LogP contribution in [0, 0.1) is 0 Å². The van der Waals surface area contributed by atoms with E-state index >= 15 is 0 Å². The van der Waals surface area contributed by atoms with Gasteiger partial charge < -0.3 is 14.4 Å². The summed E-state index contributed by atoms with van der Waals surface area (Å²) in [6.07, 6.45) is -3.76. The lowest BCUT2D eigenvalue weighted by atomic mass is 10.1. The van der Waals surface area contributed by atoms with Crippen molar-refractivity contribution in [2.24, 2.45) is 0 Å². The third kappa shape index (κ3) is 6.34. The van der Waals surface area contributed by atoms with Gasteiger partial charge in [-0.3, -0.25) is 9.69 Å². The first-order valence-electron chi connectivity index (χ1n) is 8.30. The predicted octanol–water partition coefficient (Wildman–Crippen LogP) is 3.08. The summed E-state index contributed by atoms with van der Waals surface area (Å²) in [6, 6.07) is 4.90. The average molecular weight is 395 g/mol. The molecule has 1 fully saturated rings. The van der Waals surface area contributed by atoms with Crippen molar-refractivity contribution < 1.29 is 27.4 Å². The van der Waals surface area contributed by atoms with Crippen molar-refractivity contribution in [2.75, 3.05) is 53.0 Å². The molecule has 26 heavy (non-hydrogen) atoms. The van der Waals surface area contributed by atoms with E-state index in [-0.39, 0.29) is 12.5 Å². The molecular weight excluding hydrogens is 373 g/mol. The number of piperazine rings is 1. The first kappa shape index (κ1) is 20.8. The third-order valence-electron chi connectivity index (χ3n) is 4.08. The van der Waals surface area contributed by atoms with Gasteiger partial charge in [-0.1, -0.05) is 11.6 Å². The lowest BCUT2D eigenvalue weighted by Gasteiger charge is -2.35. The highest BCUT2D eigenvalue weighted by molar-refractivity contribution is 6.30. The van der Waals surface area contributed by atoms with Gasteiger partial charge in [-0.2, -0.15) is 13.2 Å². The second kappa shape index (κ2) is 9.43. The molecule has 0 saturated carbocycles. The Balaban J connectivity index is 1.75. The van der Waals surface area contributed by atoms with Crippen LogP contribution in [0.5, 0.6) is 5.75 Å². The minimum absolute atomic E-state index is 0.0701. The maximum absolute atomic E-state index is 12.6. The van der Waals surface area contributed by atoms with E-state index in [0.29, 0.717) is 55.5 Å². The summed E-state index contributed by atoms with van der Waals surface area (Å²) >= 11 is 5.92. The molecule has 0 aliphatic carbocycles. The number of amides is 1. The standard InChI is InChI=1S/C17H22ClF3N2O3/c1-25-15-11-13(18)3-4-14(15)16(24)23-8-6-22(7-9-23)5-2-10-26-12-17(19,20)21/h3-4,11H,2,5-10,12H2,1H3. The number of ether oxygens (including phenoxy) is 2. The molecular formula is C17H22ClF3N2O3. The Morgan fingerprint density at radius 3 is 2.54 bits per heavy atom. The van der Waals surface area contributed by atoms with Crippen molar-refractivity contribution in [3.05, 3.63) is 28.8 Å². The number of methoxy groups -OCH3 is 1. The minimum atomic E-state index is -4.28. The Bertz CT molecular complexity index is 605. The average Bonchev–Trinajstić information content (AvgIpc) is 2.60. The van der Waals surface area contributed by atoms with E-state index in [9.17, 15) is 18.0 Å². The zero-order valence-electron chi connectivity index (χ0n) is 14.5. The van der Waals surface area contributed by atoms with Gasteiger partial charge in [0.15, 0.2) is 0 Å². The highest BCUT2D eigenvalue weighted by Gasteiger charge is 2.27. The van der Waals surface area contributed by atoms with Crippen molar-refractivity contribution in [2.45, 2.75) is 12.6 Å². The fourth-order valence-electron chi connectivity index (χ4n) is 2.76. The van der Waals surface area contributed by atoms with Gasteiger partial charge in [-0.05, 0) is 24.6 Å². The minimum Gasteiger partial charge on any atom is -0.496 e. The van der Waals surface area contributed by atoms with E-state index in [4.69, 9.17) is 16.3 Å². The number of alkyl halides is 3. The number of rotatable bonds is 7. The second-order valence-electron chi connectivity index (χ2n) is 6.00. The van der Waals surface area contributed by atoms with Crippen molar-refractivity contribution in [3.8, 4) is 5.75 Å². The molecule has 9 heteroatoms. The summed E-state index contributed by atoms with van der Waals surface area (Å²) in [4.78, 5) is 16.5. The smallest absolute Gasteiger partial charge is 0.411 e. The third-order valence-corrected chi connectivity index (χ3v) is 4.32. The molecule has 0 radical (unpaired) electrons. The van der Waals surface area contributed by atoms with Crippen LogP contribution in [0.15, 0.2) is 18.2 Å². The van der Waals surface area contributed by atoms with Crippen LogP contribution in [0.3, 0.4) is 0 Å². The topological polar surface area (TPSA) is 42.0 Å². The summed E-state index contributed by atoms with van der Waals surface area (Å²) < 4.78 is 45.8. The van der Waals surface area contributed by atoms with Gasteiger partial charge in [0, 0.05) is 44.4 Å². The molecule has 0 atom stereocenters. The van der Waals surface area contributed by atoms with Gasteiger partial charge in [-0.15, -0.1) is 0 Å². The first-order chi connectivity index (χ1) is 12.3. The SMILES string of the molecule is COc1cc(Cl)ccc1C(=O)N1CCN(CCCOCC(F)(F)F)CC1. The molecule has 1 amide bonds. The van der Waals surface area contributed by atoms with Crippen molar-refractivity contribution in [1.82, 2.24) is 9.80 Å². The number of hydrogen-bond donors (Lipinski definition) is 0. The van der Waals surface area contributed by atoms with Gasteiger partial charge in [0.05, 0.1) is 12.7 Å². The Kier molecular flexibility index (Phi) is 7.55. The molecule has 0 unspecified atom stereocenters. The van der Waals surface area contributed by atoms with E-state index in [0.717, 1.165) is 0 Å². The molecule has 146 valence electrons. The maximum Gasteiger partial charge on any atom is 0.411 e. The van der Waals surface area contributed by atoms with Gasteiger partial charge in [0.1, 0.15) is 12.4 Å². The fraction of sp³-hybridized carbons (Fsp3) is 0.588. The summed E-state index contributed by atoms with van der Waals surface area (Å²) in [5.74, 6) is 0.318. The molecule has 0 bridgehead atoms. The molecule has 1 aromatic carbocycles. The fourth-order valence-corrected chi connectivity index (χ4v) is 2.93. The van der Waals surface area contributed by atoms with Crippen molar-refractivity contribution >= 4 is 17.5 Å². The number of carbonyl (C=O) groups is 1. The van der Waals surface area contributed by atoms with E-state index < -0.39 is 12.8 Å². The van der Waals surface area contributed by atoms with Gasteiger partial charge in [-0.25, -0.2) is 0 Å². The molecule has 0 spiro atoms. The first-order valence-corrected chi connectivity index (χ1v) is 8.67. The molecule has 1 aliphatic heterocycles. The van der Waals surface area contributed by atoms with Crippen LogP contribution in [0.4, 0.5) is 13.2 Å². The Hall–Kier alpha value is -1.51. The largest absolute Gasteiger partial charge is 0.496 e. The molecule has 0 aromatic heterocycles. The summed E-state index contributed by atoms with van der Waals surface area (Å²) in [5.41, 5.74) is 0.464. The van der Waals surface area contributed by atoms with E-state index in [1.165, 1.54) is 7.11 Å². The number of nitrogens with zero attached hydrogens (tertiary/aromatic N) is 2. The molecule has 1 aromatic rings. The Morgan fingerprint density at radius 1 is 1.23 bits per heavy atom. The Labute approximate surface area is 155 Å². The zero-order chi connectivity index (χ0) is 19.2. The van der Waals surface area contributed by atoms with Crippen LogP contribution in [0.1, 0.15) is 16.8 Å². The van der Waals surface area contributed by atoms with Crippen molar-refractivity contribution in [1.29, 1.82) is 0 Å². The number of benzene rings is 1. The number of halogens is 4. The van der Waals surface area contributed by atoms with E-state index in [1.807, 2.05) is 0 Å². The van der Waals surface area contributed by atoms with Crippen molar-refractivity contribution in [3.63, 3.8) is 0 Å². The maximum atomic E-state index is 12.6. The summed E-state index contributed by atoms with van der Waals surface area (Å²) in [7, 11) is 1.49. The predicted molar refractivity (Wildman–Crippen MR) is 91.8 cm³/mol. The highest BCUT2D eigenvalue weighted by atomic mass is 35.5. The summed E-state index contributed by atoms with van der Waals surface area (Å²) in [5, 5.41) is 0.496. The lowest BCUT2D eigenvalue weighted by molar-refractivity contribution is -0.174. The summed E-state index contributed by atoms with van der Waals surface area (Å²) in [6.45, 7) is 1.94. The normalized spacial score (nSPS) is 16.0. The van der Waals surface area contributed by atoms with Crippen LogP contribution in [0.2, 0.25) is 5.02 Å². The quantitative estimate of drug-likeness (QED) is 0.666. The van der Waals surface area contributed by atoms with E-state index in [1.54, 1.807) is 23.1 Å². The zero-order valence-corrected chi connectivity index (χ0v) is 15.3. The molecule has 1 heterocycles. The van der Waals surface area contributed by atoms with Gasteiger partial charge >= 0.3 is 6.18 Å². The van der Waals surface area contributed by atoms with Gasteiger partial charge in [0.2, 0.25) is 0 Å². The van der Waals surface area contributed by atoms with Crippen LogP contribution < -0.4 is 4.74 Å². The Morgan fingerprint density at radius 2 is 1.92 bits per heavy atom. The molecule has 1 aliphatic rings. The van der Waals surface area contributed by atoms with Crippen LogP contribution in [-0.2, 0) is 4.74 Å². The van der Waals surface area contributed by atoms with Crippen LogP contribution >= 0.6 is 11.6 Å². The molecule has 2 rings (SSSR count). The lowest BCUT2D eigenvalue weighted by Crippen LogP contribution is -2.49. The second-order valence-corrected chi connectivity index (χ2v) is 6.44.